The molecule has 0 aliphatic carbocycles. The van der Waals surface area contributed by atoms with Gasteiger partial charge in [0.2, 0.25) is 0 Å². The van der Waals surface area contributed by atoms with E-state index < -0.39 is 6.10 Å². The fourth-order valence-electron chi connectivity index (χ4n) is 2.19. The molecule has 2 aromatic carbocycles. The summed E-state index contributed by atoms with van der Waals surface area (Å²) in [6, 6.07) is 14.8. The van der Waals surface area contributed by atoms with Crippen LogP contribution in [0.1, 0.15) is 23.1 Å². The molecule has 0 fully saturated rings. The Morgan fingerprint density at radius 2 is 1.60 bits per heavy atom. The molecule has 2 unspecified atom stereocenters. The maximum atomic E-state index is 10.5. The average molecular weight is 292 g/mol. The summed E-state index contributed by atoms with van der Waals surface area (Å²) in [6.07, 6.45) is -0.661. The van der Waals surface area contributed by atoms with E-state index in [1.165, 1.54) is 0 Å². The summed E-state index contributed by atoms with van der Waals surface area (Å²) >= 11 is 5.86. The lowest BCUT2D eigenvalue weighted by Crippen LogP contribution is -2.20. The van der Waals surface area contributed by atoms with Crippen LogP contribution in [0, 0.1) is 0 Å². The number of aliphatic hydroxyl groups excluding tert-OH is 1. The highest BCUT2D eigenvalue weighted by Crippen LogP contribution is 2.31. The summed E-state index contributed by atoms with van der Waals surface area (Å²) in [5, 5.41) is 11.1. The van der Waals surface area contributed by atoms with Crippen molar-refractivity contribution in [3.05, 3.63) is 64.7 Å². The summed E-state index contributed by atoms with van der Waals surface area (Å²) < 4.78 is 5.13. The van der Waals surface area contributed by atoms with Crippen molar-refractivity contribution in [1.82, 2.24) is 0 Å². The van der Waals surface area contributed by atoms with Gasteiger partial charge in [0.15, 0.2) is 0 Å². The summed E-state index contributed by atoms with van der Waals surface area (Å²) in [6.45, 7) is 0.357. The van der Waals surface area contributed by atoms with Crippen LogP contribution in [-0.4, -0.2) is 18.8 Å². The van der Waals surface area contributed by atoms with Crippen LogP contribution in [0.3, 0.4) is 0 Å². The summed E-state index contributed by atoms with van der Waals surface area (Å²) in [4.78, 5) is 0. The lowest BCUT2D eigenvalue weighted by atomic mass is 9.89. The number of benzene rings is 2. The standard InChI is InChI=1S/C16H18ClNO2/c1-20-14-8-4-11(5-9-14)15(10-18)16(19)12-2-6-13(17)7-3-12/h2-9,15-16,19H,10,18H2,1H3. The number of nitrogens with two attached hydrogens (primary N) is 1. The van der Waals surface area contributed by atoms with E-state index in [-0.39, 0.29) is 5.92 Å². The summed E-state index contributed by atoms with van der Waals surface area (Å²) in [7, 11) is 1.62. The van der Waals surface area contributed by atoms with Gasteiger partial charge >= 0.3 is 0 Å². The van der Waals surface area contributed by atoms with Crippen molar-refractivity contribution in [1.29, 1.82) is 0 Å². The maximum absolute atomic E-state index is 10.5. The second-order valence-corrected chi connectivity index (χ2v) is 5.05. The van der Waals surface area contributed by atoms with E-state index in [9.17, 15) is 5.11 Å². The van der Waals surface area contributed by atoms with Crippen molar-refractivity contribution in [2.75, 3.05) is 13.7 Å². The third-order valence-corrected chi connectivity index (χ3v) is 3.64. The largest absolute Gasteiger partial charge is 0.497 e. The van der Waals surface area contributed by atoms with Crippen molar-refractivity contribution >= 4 is 11.6 Å². The van der Waals surface area contributed by atoms with Crippen LogP contribution in [0.2, 0.25) is 5.02 Å². The van der Waals surface area contributed by atoms with Crippen molar-refractivity contribution in [3.8, 4) is 5.75 Å². The molecule has 0 bridgehead atoms. The van der Waals surface area contributed by atoms with Gasteiger partial charge in [-0.25, -0.2) is 0 Å². The zero-order valence-corrected chi connectivity index (χ0v) is 12.0. The van der Waals surface area contributed by atoms with Crippen LogP contribution >= 0.6 is 11.6 Å². The van der Waals surface area contributed by atoms with Gasteiger partial charge in [-0.15, -0.1) is 0 Å². The molecule has 3 N–H and O–H groups in total. The molecule has 0 saturated heterocycles. The first-order chi connectivity index (χ1) is 9.65. The SMILES string of the molecule is COc1ccc(C(CN)C(O)c2ccc(Cl)cc2)cc1. The molecule has 20 heavy (non-hydrogen) atoms. The number of aliphatic hydroxyl groups is 1. The van der Waals surface area contributed by atoms with Gasteiger partial charge in [0.25, 0.3) is 0 Å². The van der Waals surface area contributed by atoms with Gasteiger partial charge < -0.3 is 15.6 Å². The zero-order chi connectivity index (χ0) is 14.5. The predicted octanol–water partition coefficient (Wildman–Crippen LogP) is 3.12. The molecular formula is C16H18ClNO2. The minimum Gasteiger partial charge on any atom is -0.497 e. The summed E-state index contributed by atoms with van der Waals surface area (Å²) in [5.41, 5.74) is 7.61. The van der Waals surface area contributed by atoms with E-state index in [1.807, 2.05) is 36.4 Å². The van der Waals surface area contributed by atoms with Crippen molar-refractivity contribution < 1.29 is 9.84 Å². The highest BCUT2D eigenvalue weighted by atomic mass is 35.5. The van der Waals surface area contributed by atoms with Gasteiger partial charge in [-0.05, 0) is 35.4 Å². The second-order valence-electron chi connectivity index (χ2n) is 4.61. The molecule has 0 amide bonds. The van der Waals surface area contributed by atoms with E-state index in [2.05, 4.69) is 0 Å². The first kappa shape index (κ1) is 14.9. The Morgan fingerprint density at radius 1 is 1.05 bits per heavy atom. The maximum Gasteiger partial charge on any atom is 0.118 e. The molecule has 0 aromatic heterocycles. The van der Waals surface area contributed by atoms with Crippen LogP contribution in [0.5, 0.6) is 5.75 Å². The van der Waals surface area contributed by atoms with Crippen molar-refractivity contribution in [2.24, 2.45) is 5.73 Å². The lowest BCUT2D eigenvalue weighted by molar-refractivity contribution is 0.147. The Hall–Kier alpha value is -1.55. The van der Waals surface area contributed by atoms with Crippen LogP contribution in [0.4, 0.5) is 0 Å². The van der Waals surface area contributed by atoms with Crippen LogP contribution in [-0.2, 0) is 0 Å². The quantitative estimate of drug-likeness (QED) is 0.890. The number of halogens is 1. The van der Waals surface area contributed by atoms with Crippen molar-refractivity contribution in [2.45, 2.75) is 12.0 Å². The minimum absolute atomic E-state index is 0.165. The third kappa shape index (κ3) is 3.31. The Kier molecular flexibility index (Phi) is 5.01. The Bertz CT molecular complexity index is 539. The van der Waals surface area contributed by atoms with E-state index >= 15 is 0 Å². The first-order valence-corrected chi connectivity index (χ1v) is 6.81. The molecule has 0 spiro atoms. The van der Waals surface area contributed by atoms with Gasteiger partial charge in [-0.3, -0.25) is 0 Å². The molecule has 2 atom stereocenters. The Morgan fingerprint density at radius 3 is 2.10 bits per heavy atom. The van der Waals surface area contributed by atoms with E-state index in [0.29, 0.717) is 11.6 Å². The molecule has 0 saturated carbocycles. The van der Waals surface area contributed by atoms with Gasteiger partial charge in [0, 0.05) is 17.5 Å². The van der Waals surface area contributed by atoms with Crippen molar-refractivity contribution in [3.63, 3.8) is 0 Å². The fraction of sp³-hybridized carbons (Fsp3) is 0.250. The molecule has 0 heterocycles. The van der Waals surface area contributed by atoms with Crippen LogP contribution < -0.4 is 10.5 Å². The number of rotatable bonds is 5. The third-order valence-electron chi connectivity index (χ3n) is 3.39. The lowest BCUT2D eigenvalue weighted by Gasteiger charge is -2.22. The summed E-state index contributed by atoms with van der Waals surface area (Å²) in [5.74, 6) is 0.618. The van der Waals surface area contributed by atoms with Crippen LogP contribution in [0.15, 0.2) is 48.5 Å². The molecule has 0 aliphatic heterocycles. The highest BCUT2D eigenvalue weighted by molar-refractivity contribution is 6.30. The highest BCUT2D eigenvalue weighted by Gasteiger charge is 2.21. The molecule has 2 rings (SSSR count). The molecule has 0 radical (unpaired) electrons. The Balaban J connectivity index is 2.23. The van der Waals surface area contributed by atoms with Gasteiger partial charge in [-0.1, -0.05) is 35.9 Å². The van der Waals surface area contributed by atoms with Crippen LogP contribution in [0.25, 0.3) is 0 Å². The second kappa shape index (κ2) is 6.75. The van der Waals surface area contributed by atoms with Gasteiger partial charge in [-0.2, -0.15) is 0 Å². The van der Waals surface area contributed by atoms with E-state index in [4.69, 9.17) is 22.1 Å². The molecule has 4 heteroatoms. The number of ether oxygens (including phenoxy) is 1. The molecule has 0 aliphatic rings. The number of hydrogen-bond acceptors (Lipinski definition) is 3. The normalized spacial score (nSPS) is 13.8. The van der Waals surface area contributed by atoms with Gasteiger partial charge in [0.05, 0.1) is 13.2 Å². The fourth-order valence-corrected chi connectivity index (χ4v) is 2.32. The smallest absolute Gasteiger partial charge is 0.118 e. The zero-order valence-electron chi connectivity index (χ0n) is 11.3. The molecular weight excluding hydrogens is 274 g/mol. The van der Waals surface area contributed by atoms with Gasteiger partial charge in [0.1, 0.15) is 5.75 Å². The monoisotopic (exact) mass is 291 g/mol. The minimum atomic E-state index is -0.661. The molecule has 2 aromatic rings. The number of hydrogen-bond donors (Lipinski definition) is 2. The van der Waals surface area contributed by atoms with E-state index in [1.54, 1.807) is 19.2 Å². The first-order valence-electron chi connectivity index (χ1n) is 6.43. The molecule has 3 nitrogen and oxygen atoms in total. The van der Waals surface area contributed by atoms with E-state index in [0.717, 1.165) is 16.9 Å². The predicted molar refractivity (Wildman–Crippen MR) is 81.2 cm³/mol. The Labute approximate surface area is 123 Å². The topological polar surface area (TPSA) is 55.5 Å². The number of methoxy groups -OCH3 is 1. The average Bonchev–Trinajstić information content (AvgIpc) is 2.49. The molecule has 106 valence electrons.